The number of hydrogen-bond donors (Lipinski definition) is 0. The molecule has 2 aliphatic heterocycles. The first kappa shape index (κ1) is 19.2. The lowest BCUT2D eigenvalue weighted by Crippen LogP contribution is -2.48. The topological polar surface area (TPSA) is 59.3 Å². The van der Waals surface area contributed by atoms with E-state index < -0.39 is 0 Å². The van der Waals surface area contributed by atoms with Gasteiger partial charge >= 0.3 is 0 Å². The molecule has 0 bridgehead atoms. The van der Waals surface area contributed by atoms with E-state index in [4.69, 9.17) is 4.74 Å². The first-order valence-electron chi connectivity index (χ1n) is 9.95. The molecular weight excluding hydrogens is 359 g/mol. The van der Waals surface area contributed by atoms with E-state index in [0.717, 1.165) is 52.2 Å². The summed E-state index contributed by atoms with van der Waals surface area (Å²) in [4.78, 5) is 4.62. The van der Waals surface area contributed by atoms with Gasteiger partial charge in [0.2, 0.25) is 0 Å². The van der Waals surface area contributed by atoms with Crippen molar-refractivity contribution in [2.24, 2.45) is 0 Å². The fourth-order valence-corrected chi connectivity index (χ4v) is 4.10. The van der Waals surface area contributed by atoms with Crippen LogP contribution < -0.4 is 0 Å². The van der Waals surface area contributed by atoms with Crippen molar-refractivity contribution < 1.29 is 9.13 Å². The summed E-state index contributed by atoms with van der Waals surface area (Å²) in [5.74, 6) is 0.449. The third-order valence-corrected chi connectivity index (χ3v) is 5.56. The number of aromatic nitrogens is 4. The van der Waals surface area contributed by atoms with Crippen LogP contribution in [0.1, 0.15) is 30.3 Å². The molecule has 2 aromatic rings. The summed E-state index contributed by atoms with van der Waals surface area (Å²) in [6.07, 6.45) is 4.10. The van der Waals surface area contributed by atoms with Gasteiger partial charge < -0.3 is 4.74 Å². The molecule has 4 rings (SSSR count). The number of hydrogen-bond acceptors (Lipinski definition) is 6. The normalized spacial score (nSPS) is 22.4. The number of halogens is 1. The Kier molecular flexibility index (Phi) is 6.09. The second-order valence-corrected chi connectivity index (χ2v) is 7.40. The molecule has 0 saturated carbocycles. The first-order chi connectivity index (χ1) is 13.8. The van der Waals surface area contributed by atoms with Gasteiger partial charge in [-0.15, -0.1) is 11.7 Å². The lowest BCUT2D eigenvalue weighted by atomic mass is 10.0. The van der Waals surface area contributed by atoms with Gasteiger partial charge in [0.25, 0.3) is 0 Å². The number of piperazine rings is 1. The number of nitrogens with zero attached hydrogens (tertiary/aromatic N) is 6. The molecule has 1 aromatic carbocycles. The lowest BCUT2D eigenvalue weighted by molar-refractivity contribution is 0.0864. The van der Waals surface area contributed by atoms with Crippen molar-refractivity contribution in [1.82, 2.24) is 30.0 Å². The Bertz CT molecular complexity index is 783. The lowest BCUT2D eigenvalue weighted by Gasteiger charge is -2.38. The minimum atomic E-state index is -0.316. The second-order valence-electron chi connectivity index (χ2n) is 7.40. The molecule has 2 atom stereocenters. The summed E-state index contributed by atoms with van der Waals surface area (Å²) in [5.41, 5.74) is 0.614. The molecule has 2 aliphatic rings. The van der Waals surface area contributed by atoms with Gasteiger partial charge in [0.15, 0.2) is 5.82 Å². The molecule has 0 aliphatic carbocycles. The van der Waals surface area contributed by atoms with Crippen molar-refractivity contribution in [2.45, 2.75) is 31.5 Å². The van der Waals surface area contributed by atoms with Crippen LogP contribution in [0.4, 0.5) is 4.39 Å². The largest absolute Gasteiger partial charge is 0.376 e. The Balaban J connectivity index is 1.62. The molecule has 1 aromatic heterocycles. The molecule has 2 saturated heterocycles. The molecule has 28 heavy (non-hydrogen) atoms. The van der Waals surface area contributed by atoms with Crippen molar-refractivity contribution in [3.05, 3.63) is 54.1 Å². The molecular formula is C20H27FN6O. The minimum absolute atomic E-state index is 0.118. The Morgan fingerprint density at radius 3 is 2.79 bits per heavy atom. The monoisotopic (exact) mass is 386 g/mol. The number of ether oxygens (including phenoxy) is 1. The fourth-order valence-electron chi connectivity index (χ4n) is 4.10. The minimum Gasteiger partial charge on any atom is -0.376 e. The van der Waals surface area contributed by atoms with Crippen LogP contribution in [0.3, 0.4) is 0 Å². The number of rotatable bonds is 7. The molecule has 0 spiro atoms. The van der Waals surface area contributed by atoms with Gasteiger partial charge in [-0.05, 0) is 29.3 Å². The molecule has 0 unspecified atom stereocenters. The third-order valence-electron chi connectivity index (χ3n) is 5.56. The number of benzene rings is 1. The van der Waals surface area contributed by atoms with Crippen molar-refractivity contribution in [3.63, 3.8) is 0 Å². The van der Waals surface area contributed by atoms with Crippen molar-refractivity contribution in [1.29, 1.82) is 0 Å². The zero-order valence-electron chi connectivity index (χ0n) is 16.1. The average Bonchev–Trinajstić information content (AvgIpc) is 3.38. The molecule has 7 nitrogen and oxygen atoms in total. The fraction of sp³-hybridized carbons (Fsp3) is 0.550. The predicted molar refractivity (Wildman–Crippen MR) is 103 cm³/mol. The zero-order chi connectivity index (χ0) is 19.3. The van der Waals surface area contributed by atoms with Crippen LogP contribution in [0, 0.1) is 5.82 Å². The molecule has 150 valence electrons. The summed E-state index contributed by atoms with van der Waals surface area (Å²) in [6.45, 7) is 9.53. The molecule has 0 amide bonds. The van der Waals surface area contributed by atoms with Crippen LogP contribution in [0.5, 0.6) is 0 Å². The number of tetrazole rings is 1. The van der Waals surface area contributed by atoms with E-state index in [0.29, 0.717) is 17.9 Å². The van der Waals surface area contributed by atoms with Gasteiger partial charge in [-0.25, -0.2) is 9.07 Å². The van der Waals surface area contributed by atoms with Crippen molar-refractivity contribution in [2.75, 3.05) is 39.3 Å². The maximum absolute atomic E-state index is 14.8. The van der Waals surface area contributed by atoms with Crippen LogP contribution in [0.15, 0.2) is 36.9 Å². The van der Waals surface area contributed by atoms with Crippen LogP contribution in [0.2, 0.25) is 0 Å². The summed E-state index contributed by atoms with van der Waals surface area (Å²) < 4.78 is 22.3. The summed E-state index contributed by atoms with van der Waals surface area (Å²) in [6, 6.07) is 6.61. The van der Waals surface area contributed by atoms with Crippen LogP contribution >= 0.6 is 0 Å². The van der Waals surface area contributed by atoms with Crippen molar-refractivity contribution >= 4 is 0 Å². The van der Waals surface area contributed by atoms with E-state index in [-0.39, 0.29) is 18.0 Å². The van der Waals surface area contributed by atoms with Gasteiger partial charge in [-0.2, -0.15) is 0 Å². The van der Waals surface area contributed by atoms with E-state index >= 15 is 0 Å². The van der Waals surface area contributed by atoms with Gasteiger partial charge in [0, 0.05) is 44.9 Å². The van der Waals surface area contributed by atoms with Crippen LogP contribution in [-0.2, 0) is 11.3 Å². The molecule has 0 radical (unpaired) electrons. The molecule has 2 fully saturated rings. The van der Waals surface area contributed by atoms with Gasteiger partial charge in [0.05, 0.1) is 12.6 Å². The highest BCUT2D eigenvalue weighted by atomic mass is 19.1. The maximum Gasteiger partial charge on any atom is 0.173 e. The Hall–Kier alpha value is -2.16. The smallest absolute Gasteiger partial charge is 0.173 e. The maximum atomic E-state index is 14.8. The quantitative estimate of drug-likeness (QED) is 0.678. The zero-order valence-corrected chi connectivity index (χ0v) is 16.1. The van der Waals surface area contributed by atoms with E-state index in [2.05, 4.69) is 31.9 Å². The van der Waals surface area contributed by atoms with E-state index in [1.807, 2.05) is 18.2 Å². The average molecular weight is 386 g/mol. The van der Waals surface area contributed by atoms with E-state index in [1.165, 1.54) is 6.07 Å². The van der Waals surface area contributed by atoms with Gasteiger partial charge in [0.1, 0.15) is 11.9 Å². The van der Waals surface area contributed by atoms with E-state index in [1.54, 1.807) is 10.7 Å². The van der Waals surface area contributed by atoms with Gasteiger partial charge in [-0.1, -0.05) is 24.3 Å². The van der Waals surface area contributed by atoms with Crippen LogP contribution in [0.25, 0.3) is 0 Å². The SMILES string of the molecule is C=CCN1CCN([C@@H](c2ccccc2F)c2nnnn2C[C@@H]2CCCO2)CC1. The van der Waals surface area contributed by atoms with Crippen LogP contribution in [-0.4, -0.2) is 75.4 Å². The highest BCUT2D eigenvalue weighted by molar-refractivity contribution is 5.26. The van der Waals surface area contributed by atoms with Gasteiger partial charge in [-0.3, -0.25) is 9.80 Å². The second kappa shape index (κ2) is 8.89. The Morgan fingerprint density at radius 1 is 1.25 bits per heavy atom. The summed E-state index contributed by atoms with van der Waals surface area (Å²) in [7, 11) is 0. The molecule has 0 N–H and O–H groups in total. The Morgan fingerprint density at radius 2 is 2.07 bits per heavy atom. The molecule has 8 heteroatoms. The highest BCUT2D eigenvalue weighted by Gasteiger charge is 2.32. The van der Waals surface area contributed by atoms with E-state index in [9.17, 15) is 4.39 Å². The third kappa shape index (κ3) is 4.14. The highest BCUT2D eigenvalue weighted by Crippen LogP contribution is 2.30. The standard InChI is InChI=1S/C20H27FN6O/c1-2-9-25-10-12-26(13-11-25)19(17-7-3-4-8-18(17)21)20-22-23-24-27(20)15-16-6-5-14-28-16/h2-4,7-8,16,19H,1,5-6,9-15H2/t16-,19-/m0/s1. The predicted octanol–water partition coefficient (Wildman–Crippen LogP) is 1.88. The molecule has 3 heterocycles. The summed E-state index contributed by atoms with van der Waals surface area (Å²) in [5, 5.41) is 12.4. The summed E-state index contributed by atoms with van der Waals surface area (Å²) >= 11 is 0. The van der Waals surface area contributed by atoms with Crippen molar-refractivity contribution in [3.8, 4) is 0 Å². The Labute approximate surface area is 164 Å². The first-order valence-corrected chi connectivity index (χ1v) is 9.95.